The number of ketones is 1. The molecule has 10 nitrogen and oxygen atoms in total. The number of rotatable bonds is 8. The molecule has 0 bridgehead atoms. The number of carboxylic acid groups (broad SMARTS) is 1. The van der Waals surface area contributed by atoms with Gasteiger partial charge in [0.25, 0.3) is 5.91 Å². The lowest BCUT2D eigenvalue weighted by Gasteiger charge is -2.22. The van der Waals surface area contributed by atoms with Crippen molar-refractivity contribution in [1.82, 2.24) is 19.8 Å². The number of fused-ring (bicyclic) bond motifs is 2. The van der Waals surface area contributed by atoms with Crippen LogP contribution in [-0.2, 0) is 23.3 Å². The van der Waals surface area contributed by atoms with Crippen LogP contribution >= 0.6 is 17.0 Å². The van der Waals surface area contributed by atoms with Gasteiger partial charge in [0.05, 0.1) is 29.7 Å². The Morgan fingerprint density at radius 2 is 1.85 bits per heavy atom. The SMILES string of the molecule is Br.CCOc1cc2c(cc1C(=O)NC)C(=N)N(CC(=O)c1cc(C(C)(C)C)c3nc(C)n(CC(=O)O)c3c1)C2. The van der Waals surface area contributed by atoms with Crippen molar-refractivity contribution in [3.05, 3.63) is 57.9 Å². The summed E-state index contributed by atoms with van der Waals surface area (Å²) in [6.07, 6.45) is 0. The number of carbonyl (C=O) groups is 3. The third kappa shape index (κ3) is 5.68. The topological polar surface area (TPSA) is 138 Å². The third-order valence-corrected chi connectivity index (χ3v) is 6.71. The van der Waals surface area contributed by atoms with Crippen molar-refractivity contribution < 1.29 is 24.2 Å². The molecule has 0 spiro atoms. The van der Waals surface area contributed by atoms with E-state index >= 15 is 0 Å². The van der Waals surface area contributed by atoms with E-state index in [4.69, 9.17) is 10.1 Å². The number of aryl methyl sites for hydroxylation is 1. The number of imidazole rings is 1. The van der Waals surface area contributed by atoms with Crippen molar-refractivity contribution in [3.8, 4) is 5.75 Å². The van der Waals surface area contributed by atoms with Crippen LogP contribution in [0.5, 0.6) is 5.75 Å². The van der Waals surface area contributed by atoms with Crippen molar-refractivity contribution in [1.29, 1.82) is 5.41 Å². The molecule has 1 aliphatic heterocycles. The van der Waals surface area contributed by atoms with Gasteiger partial charge in [0.1, 0.15) is 24.0 Å². The zero-order valence-electron chi connectivity index (χ0n) is 23.0. The van der Waals surface area contributed by atoms with Gasteiger partial charge in [-0.25, -0.2) is 4.98 Å². The smallest absolute Gasteiger partial charge is 0.323 e. The van der Waals surface area contributed by atoms with Gasteiger partial charge >= 0.3 is 5.97 Å². The molecule has 0 atom stereocenters. The van der Waals surface area contributed by atoms with Gasteiger partial charge in [0.2, 0.25) is 0 Å². The van der Waals surface area contributed by atoms with Gasteiger partial charge in [-0.3, -0.25) is 19.8 Å². The van der Waals surface area contributed by atoms with E-state index in [1.54, 1.807) is 34.6 Å². The second-order valence-corrected chi connectivity index (χ2v) is 10.4. The Hall–Kier alpha value is -3.73. The predicted octanol–water partition coefficient (Wildman–Crippen LogP) is 4.09. The standard InChI is InChI=1S/C28H33N5O5.BrH/c1-7-38-23-10-17-12-32(26(29)18(17)11-19(23)27(37)30-6)13-22(34)16-8-20(28(3,4)5)25-21(9-16)33(14-24(35)36)15(2)31-25;/h8-11,29H,7,12-14H2,1-6H3,(H,30,37)(H,35,36);1H. The van der Waals surface area contributed by atoms with Crippen LogP contribution < -0.4 is 10.1 Å². The first-order valence-electron chi connectivity index (χ1n) is 12.5. The molecule has 2 aromatic carbocycles. The summed E-state index contributed by atoms with van der Waals surface area (Å²) in [4.78, 5) is 43.8. The Morgan fingerprint density at radius 3 is 2.44 bits per heavy atom. The minimum Gasteiger partial charge on any atom is -0.493 e. The Morgan fingerprint density at radius 1 is 1.15 bits per heavy atom. The van der Waals surface area contributed by atoms with Gasteiger partial charge in [0, 0.05) is 24.7 Å². The van der Waals surface area contributed by atoms with Gasteiger partial charge in [0.15, 0.2) is 5.78 Å². The van der Waals surface area contributed by atoms with Gasteiger partial charge < -0.3 is 24.6 Å². The number of aliphatic carboxylic acids is 1. The summed E-state index contributed by atoms with van der Waals surface area (Å²) < 4.78 is 7.27. The summed E-state index contributed by atoms with van der Waals surface area (Å²) in [7, 11) is 1.54. The lowest BCUT2D eigenvalue weighted by molar-refractivity contribution is -0.137. The summed E-state index contributed by atoms with van der Waals surface area (Å²) >= 11 is 0. The minimum atomic E-state index is -0.993. The highest BCUT2D eigenvalue weighted by atomic mass is 79.9. The molecular weight excluding hydrogens is 566 g/mol. The molecule has 0 saturated carbocycles. The highest BCUT2D eigenvalue weighted by molar-refractivity contribution is 8.93. The lowest BCUT2D eigenvalue weighted by atomic mass is 9.84. The Labute approximate surface area is 237 Å². The molecular formula is C28H34BrN5O5. The zero-order valence-corrected chi connectivity index (χ0v) is 24.7. The van der Waals surface area contributed by atoms with E-state index in [1.165, 1.54) is 7.05 Å². The normalized spacial score (nSPS) is 12.8. The maximum atomic E-state index is 13.6. The molecule has 3 N–H and O–H groups in total. The molecule has 1 aromatic heterocycles. The fourth-order valence-corrected chi connectivity index (χ4v) is 4.82. The van der Waals surface area contributed by atoms with E-state index < -0.39 is 5.97 Å². The number of carboxylic acids is 1. The number of hydrogen-bond acceptors (Lipinski definition) is 6. The monoisotopic (exact) mass is 599 g/mol. The molecule has 0 aliphatic carbocycles. The summed E-state index contributed by atoms with van der Waals surface area (Å²) in [5, 5.41) is 20.7. The van der Waals surface area contributed by atoms with Crippen molar-refractivity contribution >= 4 is 51.5 Å². The number of halogens is 1. The fraction of sp³-hybridized carbons (Fsp3) is 0.393. The molecule has 1 amide bonds. The molecule has 39 heavy (non-hydrogen) atoms. The summed E-state index contributed by atoms with van der Waals surface area (Å²) in [5.41, 5.74) is 3.94. The van der Waals surface area contributed by atoms with Crippen LogP contribution in [0.3, 0.4) is 0 Å². The third-order valence-electron chi connectivity index (χ3n) is 6.71. The molecule has 0 fully saturated rings. The highest BCUT2D eigenvalue weighted by Crippen LogP contribution is 2.33. The number of amides is 1. The first-order chi connectivity index (χ1) is 17.8. The number of nitrogens with zero attached hydrogens (tertiary/aromatic N) is 3. The summed E-state index contributed by atoms with van der Waals surface area (Å²) in [6, 6.07) is 6.92. The molecule has 0 radical (unpaired) electrons. The molecule has 4 rings (SSSR count). The molecule has 2 heterocycles. The van der Waals surface area contributed by atoms with Gasteiger partial charge in [-0.2, -0.15) is 0 Å². The van der Waals surface area contributed by atoms with Gasteiger partial charge in [-0.05, 0) is 54.7 Å². The van der Waals surface area contributed by atoms with Crippen LogP contribution in [0.4, 0.5) is 0 Å². The second-order valence-electron chi connectivity index (χ2n) is 10.4. The Bertz CT molecular complexity index is 1490. The van der Waals surface area contributed by atoms with Crippen molar-refractivity contribution in [3.63, 3.8) is 0 Å². The number of Topliss-reactive ketones (excluding diaryl/α,β-unsaturated/α-hetero) is 1. The predicted molar refractivity (Wildman–Crippen MR) is 154 cm³/mol. The van der Waals surface area contributed by atoms with E-state index in [1.807, 2.05) is 33.8 Å². The average molecular weight is 601 g/mol. The molecule has 208 valence electrons. The molecule has 1 aliphatic rings. The van der Waals surface area contributed by atoms with Crippen LogP contribution in [0, 0.1) is 12.3 Å². The van der Waals surface area contributed by atoms with Crippen LogP contribution in [0.2, 0.25) is 0 Å². The number of nitrogens with one attached hydrogen (secondary N) is 2. The Kier molecular flexibility index (Phi) is 8.54. The molecule has 11 heteroatoms. The number of hydrogen-bond donors (Lipinski definition) is 3. The lowest BCUT2D eigenvalue weighted by Crippen LogP contribution is -2.30. The van der Waals surface area contributed by atoms with E-state index in [2.05, 4.69) is 10.3 Å². The van der Waals surface area contributed by atoms with Crippen LogP contribution in [0.25, 0.3) is 11.0 Å². The molecule has 3 aromatic rings. The van der Waals surface area contributed by atoms with Gasteiger partial charge in [-0.15, -0.1) is 17.0 Å². The number of carbonyl (C=O) groups excluding carboxylic acids is 2. The summed E-state index contributed by atoms with van der Waals surface area (Å²) in [6.45, 7) is 10.1. The van der Waals surface area contributed by atoms with Crippen LogP contribution in [0.1, 0.15) is 70.9 Å². The quantitative estimate of drug-likeness (QED) is 0.331. The number of amidine groups is 1. The molecule has 0 saturated heterocycles. The van der Waals surface area contributed by atoms with E-state index in [-0.39, 0.29) is 53.0 Å². The number of ether oxygens (including phenoxy) is 1. The maximum Gasteiger partial charge on any atom is 0.323 e. The van der Waals surface area contributed by atoms with E-state index in [0.717, 1.165) is 11.1 Å². The van der Waals surface area contributed by atoms with Gasteiger partial charge in [-0.1, -0.05) is 20.8 Å². The number of aromatic nitrogens is 2. The zero-order chi connectivity index (χ0) is 27.9. The number of benzene rings is 2. The Balaban J connectivity index is 0.00000420. The van der Waals surface area contributed by atoms with Crippen molar-refractivity contribution in [2.45, 2.75) is 53.1 Å². The largest absolute Gasteiger partial charge is 0.493 e. The van der Waals surface area contributed by atoms with Crippen LogP contribution in [-0.4, -0.2) is 63.3 Å². The first-order valence-corrected chi connectivity index (χ1v) is 12.5. The van der Waals surface area contributed by atoms with Crippen molar-refractivity contribution in [2.24, 2.45) is 0 Å². The highest BCUT2D eigenvalue weighted by Gasteiger charge is 2.30. The maximum absolute atomic E-state index is 13.6. The van der Waals surface area contributed by atoms with Crippen molar-refractivity contribution in [2.75, 3.05) is 20.2 Å². The molecule has 0 unspecified atom stereocenters. The summed E-state index contributed by atoms with van der Waals surface area (Å²) in [5.74, 6) is -0.347. The minimum absolute atomic E-state index is 0. The first kappa shape index (κ1) is 29.8. The van der Waals surface area contributed by atoms with E-state index in [9.17, 15) is 19.5 Å². The second kappa shape index (κ2) is 11.2. The van der Waals surface area contributed by atoms with E-state index in [0.29, 0.717) is 52.4 Å². The fourth-order valence-electron chi connectivity index (χ4n) is 4.82. The average Bonchev–Trinajstić information content (AvgIpc) is 3.31. The van der Waals surface area contributed by atoms with Crippen LogP contribution in [0.15, 0.2) is 24.3 Å².